The van der Waals surface area contributed by atoms with E-state index in [9.17, 15) is 4.79 Å². The standard InChI is InChI=1S/C21H29N3O2S/c1-3-23-12-10-21(25)24(14-13-23)17-6-4-7-18(16-17)26-19(9-11-22-2)20-8-5-15-27-20/h4-8,15-16,19,22H,3,9-14H2,1-2H3. The van der Waals surface area contributed by atoms with Crippen molar-refractivity contribution in [3.63, 3.8) is 0 Å². The number of nitrogens with one attached hydrogen (secondary N) is 1. The van der Waals surface area contributed by atoms with Gasteiger partial charge in [0.1, 0.15) is 11.9 Å². The fraction of sp³-hybridized carbons (Fsp3) is 0.476. The predicted molar refractivity (Wildman–Crippen MR) is 112 cm³/mol. The minimum absolute atomic E-state index is 0.0168. The number of ether oxygens (including phenoxy) is 1. The first-order valence-corrected chi connectivity index (χ1v) is 10.6. The first-order chi connectivity index (χ1) is 13.2. The van der Waals surface area contributed by atoms with Crippen molar-refractivity contribution >= 4 is 22.9 Å². The van der Waals surface area contributed by atoms with Crippen LogP contribution in [-0.2, 0) is 4.79 Å². The Morgan fingerprint density at radius 2 is 2.11 bits per heavy atom. The molecule has 0 spiro atoms. The highest BCUT2D eigenvalue weighted by Gasteiger charge is 2.22. The molecule has 0 saturated carbocycles. The number of amides is 1. The van der Waals surface area contributed by atoms with Crippen LogP contribution < -0.4 is 15.0 Å². The molecule has 3 rings (SSSR count). The number of nitrogens with zero attached hydrogens (tertiary/aromatic N) is 2. The Morgan fingerprint density at radius 1 is 1.22 bits per heavy atom. The van der Waals surface area contributed by atoms with Crippen LogP contribution in [0.3, 0.4) is 0 Å². The number of hydrogen-bond donors (Lipinski definition) is 1. The Bertz CT molecular complexity index is 720. The summed E-state index contributed by atoms with van der Waals surface area (Å²) in [6.45, 7) is 6.49. The van der Waals surface area contributed by atoms with Crippen molar-refractivity contribution in [2.75, 3.05) is 44.7 Å². The van der Waals surface area contributed by atoms with Gasteiger partial charge in [-0.3, -0.25) is 4.79 Å². The number of thiophene rings is 1. The molecule has 1 aliphatic heterocycles. The summed E-state index contributed by atoms with van der Waals surface area (Å²) in [5, 5.41) is 5.28. The van der Waals surface area contributed by atoms with E-state index >= 15 is 0 Å². The summed E-state index contributed by atoms with van der Waals surface area (Å²) >= 11 is 1.72. The van der Waals surface area contributed by atoms with Gasteiger partial charge in [-0.2, -0.15) is 0 Å². The molecule has 0 radical (unpaired) electrons. The van der Waals surface area contributed by atoms with E-state index in [2.05, 4.69) is 34.7 Å². The number of benzene rings is 1. The maximum atomic E-state index is 12.6. The fourth-order valence-corrected chi connectivity index (χ4v) is 4.14. The molecular formula is C21H29N3O2S. The van der Waals surface area contributed by atoms with Crippen LogP contribution >= 0.6 is 11.3 Å². The summed E-state index contributed by atoms with van der Waals surface area (Å²) in [7, 11) is 1.96. The summed E-state index contributed by atoms with van der Waals surface area (Å²) in [5.74, 6) is 1.000. The second-order valence-electron chi connectivity index (χ2n) is 6.74. The third-order valence-electron chi connectivity index (χ3n) is 4.95. The third-order valence-corrected chi connectivity index (χ3v) is 5.92. The molecule has 6 heteroatoms. The van der Waals surface area contributed by atoms with Gasteiger partial charge in [-0.05, 0) is 43.7 Å². The van der Waals surface area contributed by atoms with Crippen LogP contribution in [0.5, 0.6) is 5.75 Å². The van der Waals surface area contributed by atoms with Gasteiger partial charge in [0.15, 0.2) is 0 Å². The van der Waals surface area contributed by atoms with Gasteiger partial charge in [0, 0.05) is 49.1 Å². The predicted octanol–water partition coefficient (Wildman–Crippen LogP) is 3.54. The Labute approximate surface area is 165 Å². The number of rotatable bonds is 8. The SMILES string of the molecule is CCN1CCC(=O)N(c2cccc(OC(CCNC)c3cccs3)c2)CC1. The van der Waals surface area contributed by atoms with Crippen LogP contribution in [0.25, 0.3) is 0 Å². The summed E-state index contributed by atoms with van der Waals surface area (Å²) in [4.78, 5) is 18.0. The Balaban J connectivity index is 1.75. The van der Waals surface area contributed by atoms with E-state index in [1.54, 1.807) is 11.3 Å². The van der Waals surface area contributed by atoms with Gasteiger partial charge in [0.2, 0.25) is 5.91 Å². The maximum absolute atomic E-state index is 12.6. The smallest absolute Gasteiger partial charge is 0.228 e. The van der Waals surface area contributed by atoms with Gasteiger partial charge in [0.25, 0.3) is 0 Å². The summed E-state index contributed by atoms with van der Waals surface area (Å²) < 4.78 is 6.32. The van der Waals surface area contributed by atoms with Crippen molar-refractivity contribution < 1.29 is 9.53 Å². The highest BCUT2D eigenvalue weighted by Crippen LogP contribution is 2.30. The zero-order valence-electron chi connectivity index (χ0n) is 16.2. The zero-order valence-corrected chi connectivity index (χ0v) is 17.0. The summed E-state index contributed by atoms with van der Waals surface area (Å²) in [6, 6.07) is 12.1. The van der Waals surface area contributed by atoms with Crippen molar-refractivity contribution in [2.45, 2.75) is 25.9 Å². The Morgan fingerprint density at radius 3 is 2.85 bits per heavy atom. The van der Waals surface area contributed by atoms with Gasteiger partial charge in [-0.1, -0.05) is 19.1 Å². The lowest BCUT2D eigenvalue weighted by Crippen LogP contribution is -2.33. The topological polar surface area (TPSA) is 44.8 Å². The first-order valence-electron chi connectivity index (χ1n) is 9.68. The molecule has 1 aliphatic rings. The lowest BCUT2D eigenvalue weighted by molar-refractivity contribution is -0.118. The van der Waals surface area contributed by atoms with Crippen LogP contribution in [0.15, 0.2) is 41.8 Å². The molecule has 1 amide bonds. The van der Waals surface area contributed by atoms with Gasteiger partial charge in [-0.15, -0.1) is 11.3 Å². The molecule has 2 heterocycles. The number of carbonyl (C=O) groups is 1. The molecule has 5 nitrogen and oxygen atoms in total. The second kappa shape index (κ2) is 9.88. The molecule has 146 valence electrons. The van der Waals surface area contributed by atoms with E-state index in [-0.39, 0.29) is 12.0 Å². The van der Waals surface area contributed by atoms with Gasteiger partial charge >= 0.3 is 0 Å². The Kier molecular flexibility index (Phi) is 7.26. The monoisotopic (exact) mass is 387 g/mol. The highest BCUT2D eigenvalue weighted by molar-refractivity contribution is 7.10. The molecule has 27 heavy (non-hydrogen) atoms. The molecular weight excluding hydrogens is 358 g/mol. The molecule has 1 aromatic heterocycles. The van der Waals surface area contributed by atoms with Crippen molar-refractivity contribution in [2.24, 2.45) is 0 Å². The van der Waals surface area contributed by atoms with E-state index in [0.717, 1.165) is 50.6 Å². The van der Waals surface area contributed by atoms with E-state index < -0.39 is 0 Å². The first kappa shape index (κ1) is 19.9. The van der Waals surface area contributed by atoms with Crippen LogP contribution in [0, 0.1) is 0 Å². The summed E-state index contributed by atoms with van der Waals surface area (Å²) in [6.07, 6.45) is 1.48. The highest BCUT2D eigenvalue weighted by atomic mass is 32.1. The average Bonchev–Trinajstić information content (AvgIpc) is 3.15. The molecule has 1 fully saturated rings. The molecule has 0 bridgehead atoms. The van der Waals surface area contributed by atoms with Crippen LogP contribution in [0.4, 0.5) is 5.69 Å². The van der Waals surface area contributed by atoms with Crippen molar-refractivity contribution in [3.05, 3.63) is 46.7 Å². The van der Waals surface area contributed by atoms with Crippen molar-refractivity contribution in [3.8, 4) is 5.75 Å². The van der Waals surface area contributed by atoms with Crippen LogP contribution in [-0.4, -0.2) is 50.6 Å². The molecule has 0 aliphatic carbocycles. The Hall–Kier alpha value is -1.89. The lowest BCUT2D eigenvalue weighted by atomic mass is 10.2. The largest absolute Gasteiger partial charge is 0.485 e. The maximum Gasteiger partial charge on any atom is 0.228 e. The van der Waals surface area contributed by atoms with Crippen LogP contribution in [0.2, 0.25) is 0 Å². The second-order valence-corrected chi connectivity index (χ2v) is 7.72. The minimum atomic E-state index is 0.0168. The van der Waals surface area contributed by atoms with E-state index in [1.807, 2.05) is 36.2 Å². The van der Waals surface area contributed by atoms with Gasteiger partial charge in [-0.25, -0.2) is 0 Å². The van der Waals surface area contributed by atoms with Crippen LogP contribution in [0.1, 0.15) is 30.7 Å². The van der Waals surface area contributed by atoms with E-state index in [0.29, 0.717) is 6.42 Å². The van der Waals surface area contributed by atoms with Gasteiger partial charge < -0.3 is 19.9 Å². The molecule has 1 unspecified atom stereocenters. The number of hydrogen-bond acceptors (Lipinski definition) is 5. The van der Waals surface area contributed by atoms with E-state index in [4.69, 9.17) is 4.74 Å². The fourth-order valence-electron chi connectivity index (χ4n) is 3.35. The van der Waals surface area contributed by atoms with Crippen molar-refractivity contribution in [1.82, 2.24) is 10.2 Å². The number of likely N-dealkylation sites (N-methyl/N-ethyl adjacent to an activating group) is 1. The lowest BCUT2D eigenvalue weighted by Gasteiger charge is -2.23. The molecule has 1 saturated heterocycles. The minimum Gasteiger partial charge on any atom is -0.485 e. The molecule has 1 aromatic carbocycles. The normalized spacial score (nSPS) is 17.0. The average molecular weight is 388 g/mol. The van der Waals surface area contributed by atoms with Crippen molar-refractivity contribution in [1.29, 1.82) is 0 Å². The zero-order chi connectivity index (χ0) is 19.1. The summed E-state index contributed by atoms with van der Waals surface area (Å²) in [5.41, 5.74) is 0.925. The third kappa shape index (κ3) is 5.31. The number of anilines is 1. The quantitative estimate of drug-likeness (QED) is 0.753. The van der Waals surface area contributed by atoms with E-state index in [1.165, 1.54) is 4.88 Å². The molecule has 2 aromatic rings. The molecule has 1 N–H and O–H groups in total. The number of carbonyl (C=O) groups excluding carboxylic acids is 1. The van der Waals surface area contributed by atoms with Gasteiger partial charge in [0.05, 0.1) is 0 Å². The molecule has 1 atom stereocenters.